The molecule has 3 aromatic rings. The molecule has 0 saturated carbocycles. The van der Waals surface area contributed by atoms with Crippen LogP contribution in [0.2, 0.25) is 0 Å². The summed E-state index contributed by atoms with van der Waals surface area (Å²) in [6.07, 6.45) is -1.18. The lowest BCUT2D eigenvalue weighted by atomic mass is 9.77. The van der Waals surface area contributed by atoms with E-state index in [-0.39, 0.29) is 12.4 Å². The van der Waals surface area contributed by atoms with Gasteiger partial charge in [-0.3, -0.25) is 4.78 Å². The summed E-state index contributed by atoms with van der Waals surface area (Å²) in [5.74, 6) is -1.12. The molecule has 0 fully saturated rings. The third-order valence-corrected chi connectivity index (χ3v) is 6.39. The predicted octanol–water partition coefficient (Wildman–Crippen LogP) is 4.68. The summed E-state index contributed by atoms with van der Waals surface area (Å²) in [6, 6.07) is 29.8. The van der Waals surface area contributed by atoms with E-state index in [1.807, 2.05) is 91.0 Å². The summed E-state index contributed by atoms with van der Waals surface area (Å²) in [6.45, 7) is 0. The van der Waals surface area contributed by atoms with Crippen molar-refractivity contribution in [1.82, 2.24) is 5.32 Å². The average molecular weight is 482 g/mol. The molecule has 8 heteroatoms. The van der Waals surface area contributed by atoms with Crippen molar-refractivity contribution >= 4 is 34.2 Å². The number of nitrogens with one attached hydrogen (secondary N) is 2. The average Bonchev–Trinajstić information content (AvgIpc) is 3.18. The Morgan fingerprint density at radius 3 is 1.73 bits per heavy atom. The summed E-state index contributed by atoms with van der Waals surface area (Å²) in [7, 11) is 0.170. The number of carbonyl (C=O) groups is 1. The van der Waals surface area contributed by atoms with Crippen LogP contribution >= 0.6 is 12.4 Å². The first-order chi connectivity index (χ1) is 15.6. The van der Waals surface area contributed by atoms with Crippen molar-refractivity contribution in [3.8, 4) is 0 Å². The van der Waals surface area contributed by atoms with Gasteiger partial charge in [-0.25, -0.2) is 9.79 Å². The smallest absolute Gasteiger partial charge is 0.339 e. The third-order valence-electron chi connectivity index (χ3n) is 5.29. The number of hydrogen-bond acceptors (Lipinski definition) is 4. The SMILES string of the molecule is COC(C(=O)O)C1=CS(=N)C(=NC(c2ccccc2)(c2ccccc2)c2ccccc2)N1.Cl. The van der Waals surface area contributed by atoms with E-state index in [1.165, 1.54) is 7.11 Å². The fourth-order valence-electron chi connectivity index (χ4n) is 3.84. The number of benzene rings is 3. The number of methoxy groups -OCH3 is 1. The predicted molar refractivity (Wildman–Crippen MR) is 134 cm³/mol. The van der Waals surface area contributed by atoms with Gasteiger partial charge in [0, 0.05) is 12.5 Å². The molecular weight excluding hydrogens is 458 g/mol. The van der Waals surface area contributed by atoms with Gasteiger partial charge in [-0.1, -0.05) is 91.0 Å². The van der Waals surface area contributed by atoms with Gasteiger partial charge in [-0.05, 0) is 27.4 Å². The lowest BCUT2D eigenvalue weighted by Crippen LogP contribution is -2.35. The van der Waals surface area contributed by atoms with Crippen LogP contribution in [0.3, 0.4) is 0 Å². The van der Waals surface area contributed by atoms with Crippen LogP contribution in [0.15, 0.2) is 107 Å². The highest BCUT2D eigenvalue weighted by Gasteiger charge is 2.38. The van der Waals surface area contributed by atoms with Gasteiger partial charge in [0.1, 0.15) is 5.54 Å². The molecule has 0 aliphatic carbocycles. The molecular formula is C25H24ClN3O3S. The molecule has 0 bridgehead atoms. The summed E-state index contributed by atoms with van der Waals surface area (Å²) >= 11 is 0. The first-order valence-corrected chi connectivity index (χ1v) is 11.3. The van der Waals surface area contributed by atoms with Crippen LogP contribution in [-0.2, 0) is 25.8 Å². The number of halogens is 1. The van der Waals surface area contributed by atoms with E-state index < -0.39 is 28.3 Å². The Morgan fingerprint density at radius 1 is 0.939 bits per heavy atom. The number of ether oxygens (including phenoxy) is 1. The molecule has 0 saturated heterocycles. The third kappa shape index (κ3) is 4.75. The van der Waals surface area contributed by atoms with Crippen molar-refractivity contribution in [2.45, 2.75) is 11.6 Å². The van der Waals surface area contributed by atoms with Crippen molar-refractivity contribution < 1.29 is 14.6 Å². The van der Waals surface area contributed by atoms with Gasteiger partial charge in [0.2, 0.25) is 0 Å². The van der Waals surface area contributed by atoms with Crippen molar-refractivity contribution in [3.63, 3.8) is 0 Å². The van der Waals surface area contributed by atoms with Crippen LogP contribution in [0.5, 0.6) is 0 Å². The molecule has 3 aromatic carbocycles. The molecule has 2 unspecified atom stereocenters. The minimum absolute atomic E-state index is 0. The van der Waals surface area contributed by atoms with E-state index in [0.29, 0.717) is 10.9 Å². The first-order valence-electron chi connectivity index (χ1n) is 10.0. The lowest BCUT2D eigenvalue weighted by Gasteiger charge is -2.32. The molecule has 33 heavy (non-hydrogen) atoms. The van der Waals surface area contributed by atoms with E-state index in [2.05, 4.69) is 5.32 Å². The monoisotopic (exact) mass is 481 g/mol. The molecule has 2 atom stereocenters. The number of carboxylic acid groups (broad SMARTS) is 1. The Balaban J connectivity index is 0.00000306. The van der Waals surface area contributed by atoms with Gasteiger partial charge >= 0.3 is 5.97 Å². The van der Waals surface area contributed by atoms with Crippen molar-refractivity contribution in [2.75, 3.05) is 7.11 Å². The number of aliphatic imine (C=N–C) groups is 1. The maximum atomic E-state index is 11.6. The Morgan fingerprint density at radius 2 is 1.36 bits per heavy atom. The highest BCUT2D eigenvalue weighted by molar-refractivity contribution is 8.04. The van der Waals surface area contributed by atoms with Gasteiger partial charge in [0.25, 0.3) is 0 Å². The molecule has 0 spiro atoms. The quantitative estimate of drug-likeness (QED) is 0.427. The van der Waals surface area contributed by atoms with Crippen LogP contribution < -0.4 is 5.32 Å². The lowest BCUT2D eigenvalue weighted by molar-refractivity contribution is -0.146. The summed E-state index contributed by atoms with van der Waals surface area (Å²) in [5, 5.41) is 14.5. The zero-order valence-corrected chi connectivity index (χ0v) is 19.5. The topological polar surface area (TPSA) is 94.8 Å². The Bertz CT molecular complexity index is 1090. The number of amidine groups is 1. The molecule has 170 valence electrons. The second-order valence-electron chi connectivity index (χ2n) is 7.22. The van der Waals surface area contributed by atoms with Gasteiger partial charge < -0.3 is 15.2 Å². The maximum absolute atomic E-state index is 11.6. The summed E-state index contributed by atoms with van der Waals surface area (Å²) < 4.78 is 13.7. The highest BCUT2D eigenvalue weighted by Crippen LogP contribution is 2.41. The standard InChI is InChI=1S/C25H23N3O3S.ClH/c1-31-22(23(29)30)21-17-32(26)24(27-21)28-25(18-11-5-2-6-12-18,19-13-7-3-8-14-19)20-15-9-4-10-16-20;/h2-17,22,26H,1H3,(H,27,28)(H,29,30);1H. The van der Waals surface area contributed by atoms with Crippen molar-refractivity contribution in [2.24, 2.45) is 4.99 Å². The fraction of sp³-hybridized carbons (Fsp3) is 0.120. The maximum Gasteiger partial charge on any atom is 0.339 e. The van der Waals surface area contributed by atoms with E-state index in [9.17, 15) is 9.90 Å². The van der Waals surface area contributed by atoms with Gasteiger partial charge in [0.05, 0.1) is 5.70 Å². The number of rotatable bonds is 7. The summed E-state index contributed by atoms with van der Waals surface area (Å²) in [4.78, 5) is 16.7. The van der Waals surface area contributed by atoms with Crippen LogP contribution in [-0.4, -0.2) is 29.5 Å². The number of nitrogens with zero attached hydrogens (tertiary/aromatic N) is 1. The molecule has 1 aliphatic rings. The van der Waals surface area contributed by atoms with Crippen molar-refractivity contribution in [1.29, 1.82) is 4.78 Å². The molecule has 0 amide bonds. The number of carboxylic acids is 1. The molecule has 1 aliphatic heterocycles. The zero-order valence-electron chi connectivity index (χ0n) is 17.8. The fourth-order valence-corrected chi connectivity index (χ4v) is 4.85. The van der Waals surface area contributed by atoms with Gasteiger partial charge in [0.15, 0.2) is 11.3 Å². The Kier molecular flexibility index (Phi) is 7.81. The minimum Gasteiger partial charge on any atom is -0.479 e. The second kappa shape index (κ2) is 10.6. The highest BCUT2D eigenvalue weighted by atomic mass is 35.5. The van der Waals surface area contributed by atoms with Gasteiger partial charge in [-0.15, -0.1) is 12.4 Å². The molecule has 4 rings (SSSR count). The van der Waals surface area contributed by atoms with Crippen LogP contribution in [0.1, 0.15) is 16.7 Å². The first kappa shape index (κ1) is 24.4. The Labute approximate surface area is 201 Å². The van der Waals surface area contributed by atoms with Crippen LogP contribution in [0, 0.1) is 4.78 Å². The second-order valence-corrected chi connectivity index (χ2v) is 8.51. The van der Waals surface area contributed by atoms with E-state index in [4.69, 9.17) is 14.5 Å². The number of aliphatic carboxylic acids is 1. The largest absolute Gasteiger partial charge is 0.479 e. The van der Waals surface area contributed by atoms with Gasteiger partial charge in [-0.2, -0.15) is 0 Å². The molecule has 3 N–H and O–H groups in total. The molecule has 0 radical (unpaired) electrons. The molecule has 0 aromatic heterocycles. The Hall–Kier alpha value is -3.26. The zero-order chi connectivity index (χ0) is 22.6. The van der Waals surface area contributed by atoms with E-state index in [1.54, 1.807) is 5.41 Å². The van der Waals surface area contributed by atoms with Crippen LogP contribution in [0.4, 0.5) is 0 Å². The number of hydrogen-bond donors (Lipinski definition) is 3. The van der Waals surface area contributed by atoms with Crippen molar-refractivity contribution in [3.05, 3.63) is 119 Å². The van der Waals surface area contributed by atoms with E-state index in [0.717, 1.165) is 16.7 Å². The van der Waals surface area contributed by atoms with Crippen LogP contribution in [0.25, 0.3) is 0 Å². The summed E-state index contributed by atoms with van der Waals surface area (Å²) in [5.41, 5.74) is 2.23. The molecule has 1 heterocycles. The molecule has 6 nitrogen and oxygen atoms in total. The minimum atomic E-state index is -1.18. The van der Waals surface area contributed by atoms with E-state index >= 15 is 0 Å². The normalized spacial score (nSPS) is 17.5.